The van der Waals surface area contributed by atoms with Crippen LogP contribution in [0.4, 0.5) is 0 Å². The average Bonchev–Trinajstić information content (AvgIpc) is 3.96. The molecule has 0 atom stereocenters. The third kappa shape index (κ3) is 11.4. The molecule has 318 valence electrons. The van der Waals surface area contributed by atoms with E-state index in [0.717, 1.165) is 33.8 Å². The number of aldehydes is 1. The summed E-state index contributed by atoms with van der Waals surface area (Å²) in [6.07, 6.45) is 2.28. The molecule has 0 N–H and O–H groups in total. The van der Waals surface area contributed by atoms with Gasteiger partial charge in [-0.1, -0.05) is 48.5 Å². The monoisotopic (exact) mass is 858 g/mol. The van der Waals surface area contributed by atoms with Crippen molar-refractivity contribution in [3.05, 3.63) is 143 Å². The molecule has 0 saturated carbocycles. The van der Waals surface area contributed by atoms with Gasteiger partial charge in [0.25, 0.3) is 20.0 Å². The van der Waals surface area contributed by atoms with Crippen molar-refractivity contribution in [2.75, 3.05) is 28.4 Å². The Morgan fingerprint density at radius 2 is 0.867 bits per heavy atom. The topological polar surface area (TPSA) is 164 Å². The highest BCUT2D eigenvalue weighted by Gasteiger charge is 2.30. The van der Waals surface area contributed by atoms with E-state index >= 15 is 0 Å². The number of hydrogen-bond acceptors (Lipinski definition) is 11. The highest BCUT2D eigenvalue weighted by Crippen LogP contribution is 2.25. The van der Waals surface area contributed by atoms with Gasteiger partial charge in [0, 0.05) is 51.5 Å². The van der Waals surface area contributed by atoms with Crippen LogP contribution in [-0.2, 0) is 59.3 Å². The van der Waals surface area contributed by atoms with Gasteiger partial charge in [-0.05, 0) is 90.7 Å². The number of carbonyl (C=O) groups is 1. The van der Waals surface area contributed by atoms with Crippen LogP contribution in [-0.4, -0.2) is 79.7 Å². The molecule has 17 heteroatoms. The summed E-state index contributed by atoms with van der Waals surface area (Å²) in [4.78, 5) is 11.3. The number of ether oxygens (including phenoxy) is 4. The minimum Gasteiger partial charge on any atom is -0.497 e. The molecule has 4 aromatic carbocycles. The van der Waals surface area contributed by atoms with E-state index in [1.165, 1.54) is 25.4 Å². The number of carbonyl (C=O) groups excluding carboxylic acids is 1. The van der Waals surface area contributed by atoms with Gasteiger partial charge in [0.15, 0.2) is 16.3 Å². The molecule has 0 amide bonds. The summed E-state index contributed by atoms with van der Waals surface area (Å²) in [7, 11) is -1.41. The van der Waals surface area contributed by atoms with Crippen LogP contribution in [0.15, 0.2) is 125 Å². The fourth-order valence-electron chi connectivity index (χ4n) is 5.99. The number of methoxy groups -OCH3 is 4. The van der Waals surface area contributed by atoms with Gasteiger partial charge in [-0.15, -0.1) is 0 Å². The number of aromatic nitrogens is 4. The van der Waals surface area contributed by atoms with E-state index in [4.69, 9.17) is 18.9 Å². The first-order valence-electron chi connectivity index (χ1n) is 19.0. The first-order chi connectivity index (χ1) is 28.9. The molecule has 0 aliphatic heterocycles. The van der Waals surface area contributed by atoms with Crippen LogP contribution < -0.4 is 18.9 Å². The van der Waals surface area contributed by atoms with Crippen molar-refractivity contribution >= 4 is 26.3 Å². The van der Waals surface area contributed by atoms with Crippen LogP contribution >= 0.6 is 0 Å². The quantitative estimate of drug-likeness (QED) is 0.0825. The van der Waals surface area contributed by atoms with Gasteiger partial charge in [0.05, 0.1) is 28.4 Å². The van der Waals surface area contributed by atoms with E-state index in [9.17, 15) is 21.6 Å². The smallest absolute Gasteiger partial charge is 0.263 e. The zero-order chi connectivity index (χ0) is 43.3. The second-order valence-corrected chi connectivity index (χ2v) is 17.1. The van der Waals surface area contributed by atoms with Gasteiger partial charge in [-0.3, -0.25) is 14.2 Å². The van der Waals surface area contributed by atoms with Gasteiger partial charge < -0.3 is 18.9 Å². The molecule has 0 spiro atoms. The molecule has 0 fully saturated rings. The first kappa shape index (κ1) is 45.1. The molecule has 0 radical (unpaired) electrons. The second-order valence-electron chi connectivity index (χ2n) is 13.3. The van der Waals surface area contributed by atoms with Crippen LogP contribution in [0.25, 0.3) is 0 Å². The zero-order valence-electron chi connectivity index (χ0n) is 34.5. The predicted octanol–water partition coefficient (Wildman–Crippen LogP) is 6.44. The number of hydrogen-bond donors (Lipinski definition) is 0. The van der Waals surface area contributed by atoms with Crippen molar-refractivity contribution in [1.82, 2.24) is 28.2 Å². The molecular formula is C43H50N6O9S2. The molecule has 15 nitrogen and oxygen atoms in total. The predicted molar refractivity (Wildman–Crippen MR) is 226 cm³/mol. The Kier molecular flexibility index (Phi) is 15.6. The van der Waals surface area contributed by atoms with Gasteiger partial charge in [-0.25, -0.2) is 16.8 Å². The van der Waals surface area contributed by atoms with Gasteiger partial charge in [0.2, 0.25) is 0 Å². The van der Waals surface area contributed by atoms with Crippen molar-refractivity contribution in [3.8, 4) is 23.0 Å². The lowest BCUT2D eigenvalue weighted by Crippen LogP contribution is -2.30. The Bertz CT molecular complexity index is 2410. The number of aryl methyl sites for hydroxylation is 2. The molecule has 2 heterocycles. The van der Waals surface area contributed by atoms with Gasteiger partial charge >= 0.3 is 0 Å². The van der Waals surface area contributed by atoms with Gasteiger partial charge in [0.1, 0.15) is 28.7 Å². The maximum Gasteiger partial charge on any atom is 0.263 e. The molecule has 6 rings (SSSR count). The highest BCUT2D eigenvalue weighted by molar-refractivity contribution is 7.89. The largest absolute Gasteiger partial charge is 0.497 e. The summed E-state index contributed by atoms with van der Waals surface area (Å²) in [5, 5.41) is 8.24. The number of benzene rings is 4. The first-order valence-corrected chi connectivity index (χ1v) is 21.8. The summed E-state index contributed by atoms with van der Waals surface area (Å²) in [6, 6.07) is 32.0. The highest BCUT2D eigenvalue weighted by atomic mass is 32.2. The summed E-state index contributed by atoms with van der Waals surface area (Å²) < 4.78 is 80.1. The van der Waals surface area contributed by atoms with Crippen LogP contribution in [0.2, 0.25) is 0 Å². The van der Waals surface area contributed by atoms with Crippen molar-refractivity contribution in [3.63, 3.8) is 0 Å². The maximum atomic E-state index is 13.5. The Hall–Kier alpha value is -6.01. The summed E-state index contributed by atoms with van der Waals surface area (Å²) in [6.45, 7) is 5.40. The summed E-state index contributed by atoms with van der Waals surface area (Å²) in [5.41, 5.74) is 3.53. The van der Waals surface area contributed by atoms with Crippen molar-refractivity contribution < 1.29 is 40.6 Å². The third-order valence-electron chi connectivity index (χ3n) is 9.43. The molecule has 60 heavy (non-hydrogen) atoms. The van der Waals surface area contributed by atoms with E-state index in [2.05, 4.69) is 10.2 Å². The fraction of sp³-hybridized carbons (Fsp3) is 0.279. The van der Waals surface area contributed by atoms with Crippen LogP contribution in [0.5, 0.6) is 23.0 Å². The van der Waals surface area contributed by atoms with E-state index in [0.29, 0.717) is 30.9 Å². The van der Waals surface area contributed by atoms with Crippen molar-refractivity contribution in [2.24, 2.45) is 0 Å². The average molecular weight is 859 g/mol. The van der Waals surface area contributed by atoms with Crippen LogP contribution in [0.3, 0.4) is 0 Å². The van der Waals surface area contributed by atoms with E-state index in [1.807, 2.05) is 79.7 Å². The molecule has 6 aromatic rings. The number of nitrogens with zero attached hydrogens (tertiary/aromatic N) is 6. The zero-order valence-corrected chi connectivity index (χ0v) is 36.1. The molecule has 0 aliphatic rings. The Morgan fingerprint density at radius 3 is 1.13 bits per heavy atom. The van der Waals surface area contributed by atoms with Crippen LogP contribution in [0, 0.1) is 0 Å². The van der Waals surface area contributed by atoms with E-state index in [-0.39, 0.29) is 41.9 Å². The minimum atomic E-state index is -3.97. The SMILES string of the molecule is CCn1ccc(S(=O)(=O)N(Cc2ccc(OC)cc2)Cc2ccc(OC)cc2)n1.CCn1nc(S(=O)(=O)N(Cc2ccc(OC)cc2)Cc2ccc(OC)cc2)cc1C=O. The molecule has 0 saturated heterocycles. The van der Waals surface area contributed by atoms with E-state index in [1.54, 1.807) is 70.5 Å². The fourth-order valence-corrected chi connectivity index (χ4v) is 8.71. The lowest BCUT2D eigenvalue weighted by Gasteiger charge is -2.21. The Labute approximate surface area is 351 Å². The summed E-state index contributed by atoms with van der Waals surface area (Å²) in [5.74, 6) is 2.82. The summed E-state index contributed by atoms with van der Waals surface area (Å²) >= 11 is 0. The molecule has 0 unspecified atom stereocenters. The Morgan fingerprint density at radius 1 is 0.517 bits per heavy atom. The molecule has 0 aliphatic carbocycles. The lowest BCUT2D eigenvalue weighted by molar-refractivity contribution is 0.111. The third-order valence-corrected chi connectivity index (χ3v) is 12.8. The van der Waals surface area contributed by atoms with E-state index < -0.39 is 20.0 Å². The van der Waals surface area contributed by atoms with Crippen LogP contribution in [0.1, 0.15) is 46.6 Å². The molecular weight excluding hydrogens is 809 g/mol. The molecule has 0 bridgehead atoms. The van der Waals surface area contributed by atoms with Gasteiger partial charge in [-0.2, -0.15) is 18.8 Å². The normalized spacial score (nSPS) is 11.5. The standard InChI is InChI=1S/C22H25N3O5S.C21H25N3O4S/c1-4-25-19(16-26)13-22(23-25)31(27,28)24(14-17-5-9-20(29-2)10-6-17)15-18-7-11-21(30-3)12-8-18;1-4-23-14-13-21(22-23)29(25,26)24(15-17-5-9-19(27-2)10-6-17)16-18-7-11-20(28-3)12-8-18/h5-13,16H,4,14-15H2,1-3H3;5-14H,4,15-16H2,1-3H3. The molecule has 2 aromatic heterocycles. The second kappa shape index (κ2) is 20.8. The maximum absolute atomic E-state index is 13.5. The van der Waals surface area contributed by atoms with Crippen molar-refractivity contribution in [1.29, 1.82) is 0 Å². The lowest BCUT2D eigenvalue weighted by atomic mass is 10.2. The Balaban J connectivity index is 0.000000228. The number of rotatable bonds is 19. The van der Waals surface area contributed by atoms with Crippen molar-refractivity contribution in [2.45, 2.75) is 63.2 Å². The minimum absolute atomic E-state index is 0.0429. The number of sulfonamides is 2.